The SMILES string of the molecule is CCC(CO)OC(CO)OC.CCC(CO)OC(COC(=O)NCCC(=O)N1CCC(C(=O)Oc2cc3c(c4ccccc24)[C@@H](CCl)CN3C(=O)c2cc3cc(OC)c(OC)c(OC)c3[nH]2)C1)OC.CCC(CO)OC(COC(=O)NCCC(=O)NCCSSc1ccccn1)OC.CCC(CO)OC(COC(=O)NCCC(=O)O)OC. The number of H-pyrrole nitrogens is 1. The number of carbonyl (C=O) groups excluding carboxylic acids is 7. The molecule has 5 aromatic rings. The lowest BCUT2D eigenvalue weighted by atomic mass is 9.95. The van der Waals surface area contributed by atoms with E-state index < -0.39 is 67.4 Å². The van der Waals surface area contributed by atoms with E-state index in [9.17, 15) is 43.5 Å². The van der Waals surface area contributed by atoms with E-state index in [0.717, 1.165) is 21.7 Å². The fourth-order valence-corrected chi connectivity index (χ4v) is 13.2. The highest BCUT2D eigenvalue weighted by Gasteiger charge is 2.38. The number of amides is 6. The van der Waals surface area contributed by atoms with Gasteiger partial charge in [0, 0.05) is 128 Å². The van der Waals surface area contributed by atoms with Gasteiger partial charge in [-0.3, -0.25) is 24.0 Å². The second kappa shape index (κ2) is 56.9. The average molecular weight is 1720 g/mol. The molecule has 0 aliphatic carbocycles. The lowest BCUT2D eigenvalue weighted by Gasteiger charge is -2.21. The molecule has 9 unspecified atom stereocenters. The normalized spacial score (nSPS) is 15.5. The van der Waals surface area contributed by atoms with Crippen LogP contribution in [-0.4, -0.2) is 303 Å². The molecule has 4 heterocycles. The molecule has 0 saturated carbocycles. The Morgan fingerprint density at radius 3 is 1.56 bits per heavy atom. The number of alkyl carbamates (subject to hydrolysis) is 3. The molecule has 0 spiro atoms. The molecule has 6 amide bonds. The Balaban J connectivity index is 0.000000402. The predicted octanol–water partition coefficient (Wildman–Crippen LogP) is 6.46. The Labute approximate surface area is 692 Å². The van der Waals surface area contributed by atoms with Crippen molar-refractivity contribution in [1.29, 1.82) is 0 Å². The third kappa shape index (κ3) is 34.5. The van der Waals surface area contributed by atoms with Crippen molar-refractivity contribution in [2.45, 2.75) is 140 Å². The van der Waals surface area contributed by atoms with E-state index in [4.69, 9.17) is 108 Å². The van der Waals surface area contributed by atoms with Gasteiger partial charge < -0.3 is 138 Å². The van der Waals surface area contributed by atoms with Crippen LogP contribution in [0.2, 0.25) is 0 Å². The molecule has 3 aromatic carbocycles. The summed E-state index contributed by atoms with van der Waals surface area (Å²) in [4.78, 5) is 109. The van der Waals surface area contributed by atoms with Gasteiger partial charge in [0.1, 0.15) is 36.3 Å². The number of nitrogens with one attached hydrogen (secondary N) is 5. The minimum atomic E-state index is -1.01. The van der Waals surface area contributed by atoms with E-state index in [0.29, 0.717) is 96.7 Å². The number of alkyl halides is 1. The average Bonchev–Trinajstić information content (AvgIpc) is 1.60. The molecule has 1 fully saturated rings. The number of esters is 1. The Morgan fingerprint density at radius 1 is 0.581 bits per heavy atom. The Hall–Kier alpha value is -8.36. The number of hydrogen-bond acceptors (Lipinski definition) is 31. The molecule has 0 bridgehead atoms. The maximum absolute atomic E-state index is 14.3. The van der Waals surface area contributed by atoms with E-state index in [1.54, 1.807) is 55.8 Å². The van der Waals surface area contributed by atoms with Crippen LogP contribution in [0, 0.1) is 5.92 Å². The Bertz CT molecular complexity index is 3760. The topological polar surface area (TPSA) is 480 Å². The fraction of sp³-hybridized carbons (Fsp3) is 0.597. The van der Waals surface area contributed by atoms with Crippen molar-refractivity contribution in [3.63, 3.8) is 0 Å². The second-order valence-corrected chi connectivity index (χ2v) is 28.3. The first-order valence-electron chi connectivity index (χ1n) is 37.9. The second-order valence-electron chi connectivity index (χ2n) is 25.5. The molecule has 2 aliphatic rings. The number of likely N-dealkylation sites (tertiary alicyclic amines) is 1. The van der Waals surface area contributed by atoms with Crippen LogP contribution < -0.4 is 45.1 Å². The van der Waals surface area contributed by atoms with Gasteiger partial charge in [-0.2, -0.15) is 0 Å². The van der Waals surface area contributed by atoms with Gasteiger partial charge in [0.25, 0.3) is 5.91 Å². The Kier molecular flexibility index (Phi) is 49.1. The van der Waals surface area contributed by atoms with Gasteiger partial charge in [-0.05, 0) is 78.1 Å². The Morgan fingerprint density at radius 2 is 1.09 bits per heavy atom. The molecule has 2 aliphatic heterocycles. The highest BCUT2D eigenvalue weighted by Crippen LogP contribution is 2.48. The number of carbonyl (C=O) groups is 8. The zero-order chi connectivity index (χ0) is 86.2. The number of aliphatic carboxylic acids is 1. The van der Waals surface area contributed by atoms with Gasteiger partial charge in [0.05, 0.1) is 102 Å². The van der Waals surface area contributed by atoms with Crippen LogP contribution in [0.4, 0.5) is 20.1 Å². The molecule has 10 atom stereocenters. The van der Waals surface area contributed by atoms with Crippen molar-refractivity contribution in [3.05, 3.63) is 78.1 Å². The van der Waals surface area contributed by atoms with Crippen LogP contribution in [0.15, 0.2) is 71.9 Å². The van der Waals surface area contributed by atoms with E-state index in [-0.39, 0.29) is 152 Å². The van der Waals surface area contributed by atoms with E-state index in [1.807, 2.05) is 70.2 Å². The van der Waals surface area contributed by atoms with Crippen LogP contribution >= 0.6 is 33.2 Å². The number of aliphatic hydroxyl groups excluding tert-OH is 5. The van der Waals surface area contributed by atoms with E-state index in [1.165, 1.54) is 49.8 Å². The monoisotopic (exact) mass is 1710 g/mol. The van der Waals surface area contributed by atoms with Gasteiger partial charge in [-0.1, -0.05) is 68.8 Å². The van der Waals surface area contributed by atoms with Gasteiger partial charge >= 0.3 is 30.2 Å². The van der Waals surface area contributed by atoms with Crippen molar-refractivity contribution in [2.24, 2.45) is 5.92 Å². The fourth-order valence-electron chi connectivity index (χ4n) is 11.2. The highest BCUT2D eigenvalue weighted by molar-refractivity contribution is 8.76. The van der Waals surface area contributed by atoms with Crippen LogP contribution in [0.1, 0.15) is 101 Å². The minimum Gasteiger partial charge on any atom is -0.493 e. The number of carboxylic acid groups (broad SMARTS) is 1. The largest absolute Gasteiger partial charge is 0.493 e. The summed E-state index contributed by atoms with van der Waals surface area (Å²) in [6, 6.07) is 18.4. The number of nitrogens with zero attached hydrogens (tertiary/aromatic N) is 3. The zero-order valence-electron chi connectivity index (χ0n) is 67.9. The van der Waals surface area contributed by atoms with Crippen LogP contribution in [0.3, 0.4) is 0 Å². The molecule has 0 radical (unpaired) electrons. The number of fused-ring (bicyclic) bond motifs is 4. The summed E-state index contributed by atoms with van der Waals surface area (Å²) in [6.07, 6.45) is -2.06. The quantitative estimate of drug-likeness (QED) is 0.00378. The molecule has 40 heteroatoms. The summed E-state index contributed by atoms with van der Waals surface area (Å²) in [5.41, 5.74) is 2.32. The number of anilines is 1. The van der Waals surface area contributed by atoms with Crippen LogP contribution in [0.5, 0.6) is 23.0 Å². The molecule has 11 N–H and O–H groups in total. The zero-order valence-corrected chi connectivity index (χ0v) is 70.3. The predicted molar refractivity (Wildman–Crippen MR) is 432 cm³/mol. The summed E-state index contributed by atoms with van der Waals surface area (Å²) in [7, 11) is 13.4. The number of aromatic nitrogens is 2. The highest BCUT2D eigenvalue weighted by atomic mass is 35.5. The van der Waals surface area contributed by atoms with E-state index >= 15 is 0 Å². The molecule has 37 nitrogen and oxygen atoms in total. The van der Waals surface area contributed by atoms with Crippen molar-refractivity contribution in [2.75, 3.05) is 165 Å². The molecule has 117 heavy (non-hydrogen) atoms. The van der Waals surface area contributed by atoms with Crippen molar-refractivity contribution in [1.82, 2.24) is 36.1 Å². The molecule has 1 saturated heterocycles. The standard InChI is InChI=1S/C41H49ClN4O12.C18H29N3O6S2.C11H21NO7.C7H16O4/c1-6-26(21-47)57-34(53-3)22-56-41(51)43-13-11-33(48)45-14-12-23(19-45)40(50)58-31-17-30-35(28-10-8-7-9-27(28)31)25(18-42)20-46(30)39(49)29-15-24-16-32(52-2)37(54-4)38(55-5)36(24)44-29;1-3-14(12-22)27-17(25-2)13-26-18(24)21-9-7-15(23)19-10-11-28-29-16-6-4-5-8-20-16;1-3-8(6-13)19-10(17-2)7-18-11(16)12-5-4-9(14)15;1-3-6(4-8)11-7(5-9)10-2/h7-10,15-17,23,25-26,34,44,47H,6,11-14,18-22H2,1-5H3,(H,43,51);4-6,8,14,17,22H,3,7,9-13H2,1-2H3,(H,19,23)(H,21,24);8,10,13H,3-7H2,1-2H3,(H,12,16)(H,14,15);6-9H,3-5H2,1-2H3/t23?,25-,26?,34?;;;/m0.../s1. The molecular weight excluding hydrogens is 1600 g/mol. The lowest BCUT2D eigenvalue weighted by Crippen LogP contribution is -2.36. The summed E-state index contributed by atoms with van der Waals surface area (Å²) in [5.74, 6) is -0.481. The third-order valence-electron chi connectivity index (χ3n) is 17.7. The summed E-state index contributed by atoms with van der Waals surface area (Å²) in [6.45, 7) is 7.76. The van der Waals surface area contributed by atoms with Crippen molar-refractivity contribution in [3.8, 4) is 23.0 Å². The minimum absolute atomic E-state index is 0.00516. The number of aromatic amines is 1. The number of rotatable bonds is 48. The number of halogens is 1. The van der Waals surface area contributed by atoms with Crippen molar-refractivity contribution >= 4 is 108 Å². The first kappa shape index (κ1) is 101. The number of carboxylic acids is 1. The van der Waals surface area contributed by atoms with Gasteiger partial charge in [-0.15, -0.1) is 11.6 Å². The maximum atomic E-state index is 14.3. The van der Waals surface area contributed by atoms with Crippen molar-refractivity contribution < 1.29 is 140 Å². The van der Waals surface area contributed by atoms with Gasteiger partial charge in [0.2, 0.25) is 17.6 Å². The summed E-state index contributed by atoms with van der Waals surface area (Å²) in [5, 5.41) is 66.3. The molecule has 656 valence electrons. The summed E-state index contributed by atoms with van der Waals surface area (Å²) >= 11 is 6.52. The van der Waals surface area contributed by atoms with Crippen LogP contribution in [0.25, 0.3) is 21.7 Å². The first-order chi connectivity index (χ1) is 56.5. The number of pyridine rings is 1. The number of methoxy groups -OCH3 is 7. The van der Waals surface area contributed by atoms with Gasteiger partial charge in [0.15, 0.2) is 36.7 Å². The van der Waals surface area contributed by atoms with Gasteiger partial charge in [-0.25, -0.2) is 19.4 Å². The van der Waals surface area contributed by atoms with E-state index in [2.05, 4.69) is 31.2 Å². The smallest absolute Gasteiger partial charge is 0.407 e. The number of ether oxygens (including phenoxy) is 15. The molecule has 2 aromatic heterocycles. The maximum Gasteiger partial charge on any atom is 0.407 e. The third-order valence-corrected chi connectivity index (χ3v) is 20.3. The molecular formula is C77H115ClN8O29S2. The first-order valence-corrected chi connectivity index (χ1v) is 40.8. The number of benzene rings is 3. The number of hydrogen-bond donors (Lipinski definition) is 11. The molecule has 7 rings (SSSR count). The lowest BCUT2D eigenvalue weighted by molar-refractivity contribution is -0.181. The number of aliphatic hydroxyl groups is 5. The van der Waals surface area contributed by atoms with Crippen LogP contribution in [-0.2, 0) is 71.3 Å². The summed E-state index contributed by atoms with van der Waals surface area (Å²) < 4.78 is 79.0.